The number of aryl methyl sites for hydroxylation is 2. The van der Waals surface area contributed by atoms with Crippen LogP contribution in [0.4, 0.5) is 13.9 Å². The normalized spacial score (nSPS) is 21.4. The molecule has 1 saturated heterocycles. The lowest BCUT2D eigenvalue weighted by Gasteiger charge is -2.40. The van der Waals surface area contributed by atoms with Crippen LogP contribution in [0.2, 0.25) is 0 Å². The number of hydrogen-bond acceptors (Lipinski definition) is 5. The van der Waals surface area contributed by atoms with E-state index in [1.807, 2.05) is 0 Å². The van der Waals surface area contributed by atoms with Gasteiger partial charge in [0, 0.05) is 31.6 Å². The molecule has 0 bridgehead atoms. The summed E-state index contributed by atoms with van der Waals surface area (Å²) in [4.78, 5) is 19.3. The number of alkyl halides is 2. The number of nitrogens with one attached hydrogen (secondary N) is 1. The quantitative estimate of drug-likeness (QED) is 0.476. The molecule has 5 rings (SSSR count). The molecule has 1 aliphatic heterocycles. The maximum atomic E-state index is 14.6. The van der Waals surface area contributed by atoms with Crippen LogP contribution in [0.25, 0.3) is 10.2 Å². The van der Waals surface area contributed by atoms with E-state index in [9.17, 15) is 18.8 Å². The van der Waals surface area contributed by atoms with Gasteiger partial charge in [0.15, 0.2) is 17.5 Å². The Morgan fingerprint density at radius 2 is 2.03 bits per heavy atom. The van der Waals surface area contributed by atoms with E-state index >= 15 is 0 Å². The lowest BCUT2D eigenvalue weighted by Crippen LogP contribution is -2.52. The summed E-state index contributed by atoms with van der Waals surface area (Å²) >= 11 is 1.44. The Kier molecular flexibility index (Phi) is 5.33. The van der Waals surface area contributed by atoms with Gasteiger partial charge in [-0.2, -0.15) is 4.73 Å². The molecule has 6 nitrogen and oxygen atoms in total. The highest BCUT2D eigenvalue weighted by Crippen LogP contribution is 2.40. The Morgan fingerprint density at radius 1 is 1.31 bits per heavy atom. The highest BCUT2D eigenvalue weighted by atomic mass is 32.1. The van der Waals surface area contributed by atoms with E-state index in [-0.39, 0.29) is 25.4 Å². The zero-order valence-electron chi connectivity index (χ0n) is 17.7. The van der Waals surface area contributed by atoms with E-state index < -0.39 is 17.9 Å². The standard InChI is InChI=1S/C23H24F2N4O2S/c1-14(28-10-7-23(24,25)18(13-28)15-5-8-29(31)9-6-15)21(30)27-22-26-19-11-16-3-2-4-17(16)12-20(19)32-22/h5-6,8-9,11-12,14,18H,2-4,7,10,13H2,1H3,(H,26,27,30)/t14?,18-/m1/s1. The van der Waals surface area contributed by atoms with E-state index in [1.165, 1.54) is 53.4 Å². The van der Waals surface area contributed by atoms with Crippen molar-refractivity contribution in [3.05, 3.63) is 58.6 Å². The third kappa shape index (κ3) is 3.95. The van der Waals surface area contributed by atoms with Crippen molar-refractivity contribution in [2.75, 3.05) is 18.4 Å². The lowest BCUT2D eigenvalue weighted by atomic mass is 9.87. The lowest BCUT2D eigenvalue weighted by molar-refractivity contribution is -0.605. The number of carbonyl (C=O) groups excluding carboxylic acids is 1. The molecule has 3 aromatic rings. The third-order valence-electron chi connectivity index (χ3n) is 6.65. The summed E-state index contributed by atoms with van der Waals surface area (Å²) in [5.74, 6) is -4.22. The topological polar surface area (TPSA) is 72.2 Å². The smallest absolute Gasteiger partial charge is 0.257 e. The summed E-state index contributed by atoms with van der Waals surface area (Å²) in [7, 11) is 0. The Bertz CT molecular complexity index is 1120. The average molecular weight is 459 g/mol. The van der Waals surface area contributed by atoms with Gasteiger partial charge in [-0.1, -0.05) is 11.3 Å². The molecule has 32 heavy (non-hydrogen) atoms. The summed E-state index contributed by atoms with van der Waals surface area (Å²) in [6.45, 7) is 1.89. The van der Waals surface area contributed by atoms with Crippen LogP contribution < -0.4 is 10.0 Å². The number of nitrogens with zero attached hydrogens (tertiary/aromatic N) is 3. The molecule has 168 valence electrons. The summed E-state index contributed by atoms with van der Waals surface area (Å²) in [5.41, 5.74) is 3.98. The van der Waals surface area contributed by atoms with Crippen LogP contribution in [0, 0.1) is 5.21 Å². The first-order chi connectivity index (χ1) is 15.3. The number of fused-ring (bicyclic) bond motifs is 2. The van der Waals surface area contributed by atoms with Crippen molar-refractivity contribution in [3.8, 4) is 0 Å². The average Bonchev–Trinajstić information content (AvgIpc) is 3.37. The van der Waals surface area contributed by atoms with Gasteiger partial charge >= 0.3 is 0 Å². The molecule has 1 aromatic carbocycles. The maximum absolute atomic E-state index is 14.6. The molecule has 1 aliphatic carbocycles. The van der Waals surface area contributed by atoms with Crippen molar-refractivity contribution in [2.45, 2.75) is 50.5 Å². The SMILES string of the molecule is CC(C(=O)Nc1nc2cc3c(cc2s1)CCC3)N1CCC(F)(F)[C@@H](c2cc[n+]([O-])cc2)C1. The van der Waals surface area contributed by atoms with Crippen LogP contribution in [0.3, 0.4) is 0 Å². The van der Waals surface area contributed by atoms with Gasteiger partial charge in [-0.25, -0.2) is 13.8 Å². The van der Waals surface area contributed by atoms with Crippen molar-refractivity contribution in [2.24, 2.45) is 0 Å². The minimum Gasteiger partial charge on any atom is -0.619 e. The monoisotopic (exact) mass is 458 g/mol. The number of rotatable bonds is 4. The molecule has 2 atom stereocenters. The highest BCUT2D eigenvalue weighted by Gasteiger charge is 2.46. The van der Waals surface area contributed by atoms with Gasteiger partial charge in [-0.3, -0.25) is 9.69 Å². The number of halogens is 2. The number of aromatic nitrogens is 2. The Morgan fingerprint density at radius 3 is 2.78 bits per heavy atom. The number of amides is 1. The molecule has 3 heterocycles. The fourth-order valence-corrected chi connectivity index (χ4v) is 5.62. The number of piperidine rings is 1. The maximum Gasteiger partial charge on any atom is 0.257 e. The predicted octanol–water partition coefficient (Wildman–Crippen LogP) is 3.87. The van der Waals surface area contributed by atoms with Crippen molar-refractivity contribution in [1.29, 1.82) is 0 Å². The zero-order chi connectivity index (χ0) is 22.5. The molecule has 2 aliphatic rings. The minimum absolute atomic E-state index is 0.0387. The van der Waals surface area contributed by atoms with Crippen molar-refractivity contribution in [1.82, 2.24) is 9.88 Å². The number of hydrogen-bond donors (Lipinski definition) is 1. The largest absolute Gasteiger partial charge is 0.619 e. The Balaban J connectivity index is 1.30. The molecule has 1 unspecified atom stereocenters. The first kappa shape index (κ1) is 21.2. The van der Waals surface area contributed by atoms with Crippen LogP contribution in [0.1, 0.15) is 42.4 Å². The molecule has 0 saturated carbocycles. The van der Waals surface area contributed by atoms with Crippen molar-refractivity contribution in [3.63, 3.8) is 0 Å². The summed E-state index contributed by atoms with van der Waals surface area (Å²) in [6.07, 6.45) is 5.43. The third-order valence-corrected chi connectivity index (χ3v) is 7.58. The number of pyridine rings is 1. The van der Waals surface area contributed by atoms with Gasteiger partial charge in [0.1, 0.15) is 0 Å². The van der Waals surface area contributed by atoms with E-state index in [0.29, 0.717) is 15.4 Å². The van der Waals surface area contributed by atoms with Gasteiger partial charge in [0.05, 0.1) is 22.2 Å². The molecule has 1 N–H and O–H groups in total. The highest BCUT2D eigenvalue weighted by molar-refractivity contribution is 7.22. The molecule has 1 amide bonds. The first-order valence-corrected chi connectivity index (χ1v) is 11.7. The summed E-state index contributed by atoms with van der Waals surface area (Å²) < 4.78 is 30.9. The van der Waals surface area contributed by atoms with Gasteiger partial charge in [0.2, 0.25) is 5.91 Å². The fraction of sp³-hybridized carbons (Fsp3) is 0.435. The number of thiazole rings is 1. The van der Waals surface area contributed by atoms with Gasteiger partial charge < -0.3 is 10.5 Å². The van der Waals surface area contributed by atoms with E-state index in [2.05, 4.69) is 22.4 Å². The van der Waals surface area contributed by atoms with Crippen LogP contribution >= 0.6 is 11.3 Å². The predicted molar refractivity (Wildman–Crippen MR) is 119 cm³/mol. The van der Waals surface area contributed by atoms with Crippen molar-refractivity contribution >= 4 is 32.6 Å². The van der Waals surface area contributed by atoms with Crippen molar-refractivity contribution < 1.29 is 18.3 Å². The molecular formula is C23H24F2N4O2S. The molecule has 1 fully saturated rings. The second kappa shape index (κ2) is 8.04. The number of carbonyl (C=O) groups is 1. The Labute approximate surface area is 188 Å². The van der Waals surface area contributed by atoms with Crippen LogP contribution in [-0.2, 0) is 17.6 Å². The van der Waals surface area contributed by atoms with Gasteiger partial charge in [-0.15, -0.1) is 0 Å². The first-order valence-electron chi connectivity index (χ1n) is 10.8. The number of benzene rings is 1. The fourth-order valence-electron chi connectivity index (χ4n) is 4.71. The summed E-state index contributed by atoms with van der Waals surface area (Å²) in [6, 6.07) is 6.54. The van der Waals surface area contributed by atoms with E-state index in [4.69, 9.17) is 0 Å². The Hall–Kier alpha value is -2.65. The number of likely N-dealkylation sites (tertiary alicyclic amines) is 1. The zero-order valence-corrected chi connectivity index (χ0v) is 18.5. The molecular weight excluding hydrogens is 434 g/mol. The minimum atomic E-state index is -2.89. The molecule has 0 radical (unpaired) electrons. The second-order valence-electron chi connectivity index (χ2n) is 8.68. The van der Waals surface area contributed by atoms with E-state index in [0.717, 1.165) is 23.1 Å². The van der Waals surface area contributed by atoms with E-state index in [1.54, 1.807) is 11.8 Å². The molecule has 2 aromatic heterocycles. The number of anilines is 1. The van der Waals surface area contributed by atoms with Gasteiger partial charge in [0.25, 0.3) is 5.92 Å². The van der Waals surface area contributed by atoms with Crippen LogP contribution in [0.5, 0.6) is 0 Å². The molecule has 9 heteroatoms. The summed E-state index contributed by atoms with van der Waals surface area (Å²) in [5, 5.41) is 14.7. The molecule has 0 spiro atoms. The van der Waals surface area contributed by atoms with Crippen LogP contribution in [-0.4, -0.2) is 40.8 Å². The van der Waals surface area contributed by atoms with Crippen LogP contribution in [0.15, 0.2) is 36.7 Å². The second-order valence-corrected chi connectivity index (χ2v) is 9.71. The van der Waals surface area contributed by atoms with Gasteiger partial charge in [-0.05, 0) is 55.0 Å².